The summed E-state index contributed by atoms with van der Waals surface area (Å²) < 4.78 is 5.37. The van der Waals surface area contributed by atoms with Gasteiger partial charge in [0, 0.05) is 6.04 Å². The highest BCUT2D eigenvalue weighted by Gasteiger charge is 2.24. The lowest BCUT2D eigenvalue weighted by Crippen LogP contribution is -2.18. The first-order valence-corrected chi connectivity index (χ1v) is 7.74. The minimum Gasteiger partial charge on any atom is -0.496 e. The minimum atomic E-state index is 0.518. The smallest absolute Gasteiger partial charge is 0.121 e. The van der Waals surface area contributed by atoms with Crippen molar-refractivity contribution in [3.05, 3.63) is 53.1 Å². The molecule has 0 amide bonds. The Hall–Kier alpha value is -1.80. The number of benzene rings is 2. The third-order valence-corrected chi connectivity index (χ3v) is 4.43. The van der Waals surface area contributed by atoms with Gasteiger partial charge in [-0.1, -0.05) is 31.2 Å². The van der Waals surface area contributed by atoms with Crippen molar-refractivity contribution in [2.45, 2.75) is 32.7 Å². The molecule has 1 aliphatic carbocycles. The van der Waals surface area contributed by atoms with Crippen LogP contribution in [-0.2, 0) is 6.42 Å². The molecule has 0 saturated heterocycles. The summed E-state index contributed by atoms with van der Waals surface area (Å²) in [6, 6.07) is 13.7. The monoisotopic (exact) mass is 281 g/mol. The SMILES string of the molecule is CCNC1CCc2c(-c3ccc(OC)c(C)c3)cccc21. The highest BCUT2D eigenvalue weighted by Crippen LogP contribution is 2.38. The number of methoxy groups -OCH3 is 1. The molecule has 1 unspecified atom stereocenters. The molecule has 1 atom stereocenters. The highest BCUT2D eigenvalue weighted by atomic mass is 16.5. The lowest BCUT2D eigenvalue weighted by Gasteiger charge is -2.14. The van der Waals surface area contributed by atoms with Crippen LogP contribution in [0, 0.1) is 6.92 Å². The van der Waals surface area contributed by atoms with E-state index >= 15 is 0 Å². The van der Waals surface area contributed by atoms with Crippen LogP contribution in [-0.4, -0.2) is 13.7 Å². The number of rotatable bonds is 4. The number of hydrogen-bond acceptors (Lipinski definition) is 2. The molecule has 0 bridgehead atoms. The summed E-state index contributed by atoms with van der Waals surface area (Å²) in [7, 11) is 1.73. The molecule has 1 aliphatic rings. The van der Waals surface area contributed by atoms with Crippen molar-refractivity contribution in [2.75, 3.05) is 13.7 Å². The van der Waals surface area contributed by atoms with E-state index in [0.717, 1.165) is 18.7 Å². The van der Waals surface area contributed by atoms with E-state index in [0.29, 0.717) is 6.04 Å². The van der Waals surface area contributed by atoms with Gasteiger partial charge in [0.2, 0.25) is 0 Å². The van der Waals surface area contributed by atoms with Crippen molar-refractivity contribution in [1.82, 2.24) is 5.32 Å². The third kappa shape index (κ3) is 2.56. The van der Waals surface area contributed by atoms with Crippen molar-refractivity contribution < 1.29 is 4.74 Å². The van der Waals surface area contributed by atoms with Gasteiger partial charge in [0.05, 0.1) is 7.11 Å². The summed E-state index contributed by atoms with van der Waals surface area (Å²) in [5, 5.41) is 3.59. The molecule has 0 fully saturated rings. The second kappa shape index (κ2) is 5.90. The molecule has 0 spiro atoms. The average Bonchev–Trinajstić information content (AvgIpc) is 2.91. The first-order chi connectivity index (χ1) is 10.2. The van der Waals surface area contributed by atoms with E-state index in [4.69, 9.17) is 4.74 Å². The van der Waals surface area contributed by atoms with Gasteiger partial charge in [0.1, 0.15) is 5.75 Å². The van der Waals surface area contributed by atoms with Crippen molar-refractivity contribution in [1.29, 1.82) is 0 Å². The van der Waals surface area contributed by atoms with Crippen molar-refractivity contribution >= 4 is 0 Å². The molecule has 2 aromatic carbocycles. The molecule has 0 aromatic heterocycles. The summed E-state index contributed by atoms with van der Waals surface area (Å²) in [5.74, 6) is 0.955. The zero-order valence-electron chi connectivity index (χ0n) is 13.1. The van der Waals surface area contributed by atoms with Crippen LogP contribution in [0.3, 0.4) is 0 Å². The number of fused-ring (bicyclic) bond motifs is 1. The highest BCUT2D eigenvalue weighted by molar-refractivity contribution is 5.71. The predicted molar refractivity (Wildman–Crippen MR) is 87.9 cm³/mol. The largest absolute Gasteiger partial charge is 0.496 e. The maximum absolute atomic E-state index is 5.37. The van der Waals surface area contributed by atoms with E-state index in [1.54, 1.807) is 7.11 Å². The van der Waals surface area contributed by atoms with Crippen LogP contribution >= 0.6 is 0 Å². The van der Waals surface area contributed by atoms with E-state index in [1.807, 2.05) is 0 Å². The fraction of sp³-hybridized carbons (Fsp3) is 0.368. The fourth-order valence-electron chi connectivity index (χ4n) is 3.43. The molecule has 3 rings (SSSR count). The molecule has 0 saturated carbocycles. The first-order valence-electron chi connectivity index (χ1n) is 7.74. The van der Waals surface area contributed by atoms with E-state index in [1.165, 1.54) is 34.2 Å². The standard InChI is InChI=1S/C19H23NO/c1-4-20-18-10-9-16-15(6-5-7-17(16)18)14-8-11-19(21-3)13(2)12-14/h5-8,11-12,18,20H,4,9-10H2,1-3H3. The average molecular weight is 281 g/mol. The van der Waals surface area contributed by atoms with Crippen LogP contribution in [0.2, 0.25) is 0 Å². The van der Waals surface area contributed by atoms with Crippen LogP contribution < -0.4 is 10.1 Å². The molecule has 21 heavy (non-hydrogen) atoms. The molecular formula is C19H23NO. The molecule has 0 radical (unpaired) electrons. The van der Waals surface area contributed by atoms with Gasteiger partial charge in [-0.05, 0) is 66.3 Å². The van der Waals surface area contributed by atoms with E-state index in [-0.39, 0.29) is 0 Å². The summed E-state index contributed by atoms with van der Waals surface area (Å²) in [6.45, 7) is 5.30. The predicted octanol–water partition coefficient (Wildman–Crippen LogP) is 4.27. The quantitative estimate of drug-likeness (QED) is 0.903. The molecule has 0 aliphatic heterocycles. The fourth-order valence-corrected chi connectivity index (χ4v) is 3.43. The van der Waals surface area contributed by atoms with E-state index in [2.05, 4.69) is 55.6 Å². The Labute approximate surface area is 127 Å². The van der Waals surface area contributed by atoms with Gasteiger partial charge >= 0.3 is 0 Å². The Morgan fingerprint density at radius 1 is 1.24 bits per heavy atom. The lowest BCUT2D eigenvalue weighted by molar-refractivity contribution is 0.412. The second-order valence-corrected chi connectivity index (χ2v) is 5.71. The second-order valence-electron chi connectivity index (χ2n) is 5.71. The van der Waals surface area contributed by atoms with Gasteiger partial charge < -0.3 is 10.1 Å². The summed E-state index contributed by atoms with van der Waals surface area (Å²) >= 11 is 0. The summed E-state index contributed by atoms with van der Waals surface area (Å²) in [5.41, 5.74) is 6.84. The van der Waals surface area contributed by atoms with Gasteiger partial charge in [-0.2, -0.15) is 0 Å². The maximum atomic E-state index is 5.37. The molecular weight excluding hydrogens is 258 g/mol. The summed E-state index contributed by atoms with van der Waals surface area (Å²) in [6.07, 6.45) is 2.36. The normalized spacial score (nSPS) is 16.8. The van der Waals surface area contributed by atoms with Gasteiger partial charge in [-0.25, -0.2) is 0 Å². The van der Waals surface area contributed by atoms with Crippen LogP contribution in [0.4, 0.5) is 0 Å². The first kappa shape index (κ1) is 14.2. The van der Waals surface area contributed by atoms with Crippen LogP contribution in [0.25, 0.3) is 11.1 Å². The molecule has 2 aromatic rings. The Morgan fingerprint density at radius 2 is 2.10 bits per heavy atom. The number of hydrogen-bond donors (Lipinski definition) is 1. The Morgan fingerprint density at radius 3 is 2.81 bits per heavy atom. The van der Waals surface area contributed by atoms with Crippen molar-refractivity contribution in [2.24, 2.45) is 0 Å². The topological polar surface area (TPSA) is 21.3 Å². The van der Waals surface area contributed by atoms with E-state index < -0.39 is 0 Å². The molecule has 2 nitrogen and oxygen atoms in total. The molecule has 0 heterocycles. The van der Waals surface area contributed by atoms with Gasteiger partial charge in [-0.15, -0.1) is 0 Å². The van der Waals surface area contributed by atoms with Crippen LogP contribution in [0.1, 0.15) is 36.1 Å². The van der Waals surface area contributed by atoms with Gasteiger partial charge in [0.25, 0.3) is 0 Å². The number of nitrogens with one attached hydrogen (secondary N) is 1. The van der Waals surface area contributed by atoms with Gasteiger partial charge in [-0.3, -0.25) is 0 Å². The van der Waals surface area contributed by atoms with E-state index in [9.17, 15) is 0 Å². The zero-order valence-corrected chi connectivity index (χ0v) is 13.1. The number of aryl methyl sites for hydroxylation is 1. The Balaban J connectivity index is 2.03. The number of ether oxygens (including phenoxy) is 1. The molecule has 110 valence electrons. The zero-order chi connectivity index (χ0) is 14.8. The molecule has 2 heteroatoms. The van der Waals surface area contributed by atoms with Crippen molar-refractivity contribution in [3.63, 3.8) is 0 Å². The minimum absolute atomic E-state index is 0.518. The third-order valence-electron chi connectivity index (χ3n) is 4.43. The maximum Gasteiger partial charge on any atom is 0.121 e. The lowest BCUT2D eigenvalue weighted by atomic mass is 9.95. The Bertz CT molecular complexity index is 648. The molecule has 1 N–H and O–H groups in total. The Kier molecular flexibility index (Phi) is 3.98. The van der Waals surface area contributed by atoms with Crippen molar-refractivity contribution in [3.8, 4) is 16.9 Å². The van der Waals surface area contributed by atoms with Crippen LogP contribution in [0.15, 0.2) is 36.4 Å². The van der Waals surface area contributed by atoms with Gasteiger partial charge in [0.15, 0.2) is 0 Å². The summed E-state index contributed by atoms with van der Waals surface area (Å²) in [4.78, 5) is 0. The van der Waals surface area contributed by atoms with Crippen LogP contribution in [0.5, 0.6) is 5.75 Å².